The fourth-order valence-electron chi connectivity index (χ4n) is 1.74. The number of carbonyl (C=O) groups excluding carboxylic acids is 2. The quantitative estimate of drug-likeness (QED) is 0.660. The molecule has 0 unspecified atom stereocenters. The minimum absolute atomic E-state index is 0.341. The van der Waals surface area contributed by atoms with Crippen LogP contribution in [0.1, 0.15) is 17.5 Å². The van der Waals surface area contributed by atoms with E-state index in [1.165, 1.54) is 0 Å². The predicted molar refractivity (Wildman–Crippen MR) is 74.8 cm³/mol. The molecular formula is C14H18N2O5. The van der Waals surface area contributed by atoms with Gasteiger partial charge in [-0.05, 0) is 25.5 Å². The number of carboxylic acids is 1. The van der Waals surface area contributed by atoms with E-state index in [0.717, 1.165) is 11.1 Å². The third-order valence-electron chi connectivity index (χ3n) is 2.73. The molecule has 1 atom stereocenters. The van der Waals surface area contributed by atoms with E-state index in [1.54, 1.807) is 6.07 Å². The molecule has 21 heavy (non-hydrogen) atoms. The van der Waals surface area contributed by atoms with Crippen molar-refractivity contribution in [1.29, 1.82) is 0 Å². The largest absolute Gasteiger partial charge is 0.484 e. The van der Waals surface area contributed by atoms with Crippen molar-refractivity contribution in [2.24, 2.45) is 5.73 Å². The van der Waals surface area contributed by atoms with E-state index in [9.17, 15) is 14.4 Å². The summed E-state index contributed by atoms with van der Waals surface area (Å²) in [7, 11) is 0. The smallest absolute Gasteiger partial charge is 0.326 e. The summed E-state index contributed by atoms with van der Waals surface area (Å²) in [6.45, 7) is 3.44. The minimum Gasteiger partial charge on any atom is -0.484 e. The second kappa shape index (κ2) is 7.28. The third-order valence-corrected chi connectivity index (χ3v) is 2.73. The second-order valence-corrected chi connectivity index (χ2v) is 4.69. The Bertz CT molecular complexity index is 556. The summed E-state index contributed by atoms with van der Waals surface area (Å²) < 4.78 is 5.32. The maximum atomic E-state index is 11.6. The zero-order valence-corrected chi connectivity index (χ0v) is 11.9. The Morgan fingerprint density at radius 2 is 2.00 bits per heavy atom. The van der Waals surface area contributed by atoms with Crippen LogP contribution in [-0.4, -0.2) is 35.5 Å². The average molecular weight is 294 g/mol. The highest BCUT2D eigenvalue weighted by Gasteiger charge is 2.22. The highest BCUT2D eigenvalue weighted by molar-refractivity contribution is 5.88. The number of primary amides is 1. The number of carboxylic acid groups (broad SMARTS) is 1. The third kappa shape index (κ3) is 5.52. The van der Waals surface area contributed by atoms with Crippen molar-refractivity contribution >= 4 is 17.8 Å². The molecule has 4 N–H and O–H groups in total. The summed E-state index contributed by atoms with van der Waals surface area (Å²) in [6, 6.07) is 4.13. The fraction of sp³-hybridized carbons (Fsp3) is 0.357. The Hall–Kier alpha value is -2.57. The van der Waals surface area contributed by atoms with Gasteiger partial charge < -0.3 is 20.9 Å². The molecule has 7 nitrogen and oxygen atoms in total. The fourth-order valence-corrected chi connectivity index (χ4v) is 1.74. The molecular weight excluding hydrogens is 276 g/mol. The van der Waals surface area contributed by atoms with E-state index in [1.807, 2.05) is 26.0 Å². The summed E-state index contributed by atoms with van der Waals surface area (Å²) in [5.74, 6) is -2.23. The lowest BCUT2D eigenvalue weighted by atomic mass is 10.1. The molecule has 0 fully saturated rings. The molecule has 0 spiro atoms. The number of hydrogen-bond donors (Lipinski definition) is 3. The summed E-state index contributed by atoms with van der Waals surface area (Å²) in [5.41, 5.74) is 6.86. The van der Waals surface area contributed by atoms with Crippen LogP contribution in [0.3, 0.4) is 0 Å². The molecule has 0 saturated heterocycles. The first-order valence-corrected chi connectivity index (χ1v) is 6.30. The summed E-state index contributed by atoms with van der Waals surface area (Å²) in [6.07, 6.45) is -0.468. The Morgan fingerprint density at radius 3 is 2.52 bits per heavy atom. The number of aryl methyl sites for hydroxylation is 2. The van der Waals surface area contributed by atoms with Crippen LogP contribution in [0.4, 0.5) is 0 Å². The van der Waals surface area contributed by atoms with E-state index in [4.69, 9.17) is 15.6 Å². The van der Waals surface area contributed by atoms with Crippen molar-refractivity contribution in [3.8, 4) is 5.75 Å². The molecule has 7 heteroatoms. The van der Waals surface area contributed by atoms with Crippen LogP contribution in [0.15, 0.2) is 18.2 Å². The zero-order chi connectivity index (χ0) is 16.0. The van der Waals surface area contributed by atoms with Gasteiger partial charge in [-0.15, -0.1) is 0 Å². The number of ether oxygens (including phenoxy) is 1. The Balaban J connectivity index is 2.56. The molecule has 0 bridgehead atoms. The molecule has 0 aliphatic carbocycles. The number of rotatable bonds is 7. The van der Waals surface area contributed by atoms with Gasteiger partial charge in [0.1, 0.15) is 11.8 Å². The van der Waals surface area contributed by atoms with E-state index < -0.39 is 30.2 Å². The van der Waals surface area contributed by atoms with E-state index in [2.05, 4.69) is 5.32 Å². The monoisotopic (exact) mass is 294 g/mol. The number of nitrogens with two attached hydrogens (primary N) is 1. The van der Waals surface area contributed by atoms with Gasteiger partial charge in [-0.2, -0.15) is 0 Å². The maximum absolute atomic E-state index is 11.6. The van der Waals surface area contributed by atoms with E-state index in [-0.39, 0.29) is 6.61 Å². The molecule has 2 amide bonds. The van der Waals surface area contributed by atoms with Gasteiger partial charge in [-0.1, -0.05) is 17.7 Å². The lowest BCUT2D eigenvalue weighted by Crippen LogP contribution is -2.45. The number of amides is 2. The molecule has 114 valence electrons. The maximum Gasteiger partial charge on any atom is 0.326 e. The van der Waals surface area contributed by atoms with Gasteiger partial charge in [0.05, 0.1) is 6.42 Å². The van der Waals surface area contributed by atoms with Crippen molar-refractivity contribution in [1.82, 2.24) is 5.32 Å². The predicted octanol–water partition coefficient (Wildman–Crippen LogP) is 0.127. The van der Waals surface area contributed by atoms with Crippen LogP contribution >= 0.6 is 0 Å². The van der Waals surface area contributed by atoms with Crippen molar-refractivity contribution in [2.45, 2.75) is 26.3 Å². The van der Waals surface area contributed by atoms with Crippen LogP contribution in [0, 0.1) is 13.8 Å². The Morgan fingerprint density at radius 1 is 1.33 bits per heavy atom. The van der Waals surface area contributed by atoms with E-state index in [0.29, 0.717) is 5.75 Å². The van der Waals surface area contributed by atoms with Crippen molar-refractivity contribution in [3.05, 3.63) is 29.3 Å². The number of aliphatic carboxylic acids is 1. The van der Waals surface area contributed by atoms with Crippen molar-refractivity contribution < 1.29 is 24.2 Å². The Labute approximate surface area is 122 Å². The number of hydrogen-bond acceptors (Lipinski definition) is 4. The standard InChI is InChI=1S/C14H18N2O5/c1-8-3-4-11(9(2)5-8)21-7-13(18)16-10(14(19)20)6-12(15)17/h3-5,10H,6-7H2,1-2H3,(H2,15,17)(H,16,18)(H,19,20)/t10-/m1/s1. The highest BCUT2D eigenvalue weighted by atomic mass is 16.5. The van der Waals surface area contributed by atoms with Gasteiger partial charge in [-0.25, -0.2) is 4.79 Å². The molecule has 0 aliphatic rings. The highest BCUT2D eigenvalue weighted by Crippen LogP contribution is 2.18. The number of nitrogens with one attached hydrogen (secondary N) is 1. The number of carbonyl (C=O) groups is 3. The van der Waals surface area contributed by atoms with Crippen LogP contribution < -0.4 is 15.8 Å². The zero-order valence-electron chi connectivity index (χ0n) is 11.9. The topological polar surface area (TPSA) is 119 Å². The van der Waals surface area contributed by atoms with Crippen LogP contribution in [-0.2, 0) is 14.4 Å². The summed E-state index contributed by atoms with van der Waals surface area (Å²) >= 11 is 0. The molecule has 1 aromatic carbocycles. The normalized spacial score (nSPS) is 11.5. The van der Waals surface area contributed by atoms with Crippen molar-refractivity contribution in [3.63, 3.8) is 0 Å². The van der Waals surface area contributed by atoms with Gasteiger partial charge in [0, 0.05) is 0 Å². The van der Waals surface area contributed by atoms with Gasteiger partial charge in [-0.3, -0.25) is 9.59 Å². The van der Waals surface area contributed by atoms with Crippen LogP contribution in [0.2, 0.25) is 0 Å². The first-order valence-electron chi connectivity index (χ1n) is 6.30. The van der Waals surface area contributed by atoms with Gasteiger partial charge in [0.15, 0.2) is 6.61 Å². The molecule has 0 aromatic heterocycles. The minimum atomic E-state index is -1.35. The summed E-state index contributed by atoms with van der Waals surface area (Å²) in [4.78, 5) is 33.2. The lowest BCUT2D eigenvalue weighted by molar-refractivity contribution is -0.143. The Kier molecular flexibility index (Phi) is 5.71. The van der Waals surface area contributed by atoms with Crippen LogP contribution in [0.25, 0.3) is 0 Å². The van der Waals surface area contributed by atoms with Gasteiger partial charge >= 0.3 is 5.97 Å². The number of benzene rings is 1. The molecule has 1 aromatic rings. The molecule has 0 heterocycles. The average Bonchev–Trinajstić information content (AvgIpc) is 2.36. The first-order chi connectivity index (χ1) is 9.79. The molecule has 0 radical (unpaired) electrons. The van der Waals surface area contributed by atoms with E-state index >= 15 is 0 Å². The molecule has 0 saturated carbocycles. The van der Waals surface area contributed by atoms with Crippen molar-refractivity contribution in [2.75, 3.05) is 6.61 Å². The van der Waals surface area contributed by atoms with Gasteiger partial charge in [0.2, 0.25) is 5.91 Å². The summed E-state index contributed by atoms with van der Waals surface area (Å²) in [5, 5.41) is 11.1. The lowest BCUT2D eigenvalue weighted by Gasteiger charge is -2.14. The molecule has 1 rings (SSSR count). The second-order valence-electron chi connectivity index (χ2n) is 4.69. The molecule has 0 aliphatic heterocycles. The van der Waals surface area contributed by atoms with Crippen LogP contribution in [0.5, 0.6) is 5.75 Å². The van der Waals surface area contributed by atoms with Gasteiger partial charge in [0.25, 0.3) is 5.91 Å². The SMILES string of the molecule is Cc1ccc(OCC(=O)N[C@H](CC(N)=O)C(=O)O)c(C)c1. The first kappa shape index (κ1) is 16.5.